The highest BCUT2D eigenvalue weighted by Crippen LogP contribution is 2.39. The Kier molecular flexibility index (Phi) is 8.73. The number of ether oxygens (including phenoxy) is 3. The summed E-state index contributed by atoms with van der Waals surface area (Å²) in [6.07, 6.45) is 5.16. The smallest absolute Gasteiger partial charge is 0.302 e. The maximum Gasteiger partial charge on any atom is 0.302 e. The number of carbonyl (C=O) groups excluding carboxylic acids is 1. The number of carbonyl (C=O) groups is 1. The first kappa shape index (κ1) is 24.3. The lowest BCUT2D eigenvalue weighted by atomic mass is 9.99. The van der Waals surface area contributed by atoms with E-state index in [1.165, 1.54) is 6.92 Å². The van der Waals surface area contributed by atoms with Crippen LogP contribution in [0, 0.1) is 0 Å². The lowest BCUT2D eigenvalue weighted by Crippen LogP contribution is -2.48. The Bertz CT molecular complexity index is 495. The van der Waals surface area contributed by atoms with E-state index >= 15 is 0 Å². The van der Waals surface area contributed by atoms with Gasteiger partial charge in [0.2, 0.25) is 0 Å². The van der Waals surface area contributed by atoms with Crippen LogP contribution in [0.1, 0.15) is 67.2 Å². The molecule has 0 amide bonds. The fraction of sp³-hybridized carbons (Fsp3) is 0.857. The minimum Gasteiger partial charge on any atom is -0.466 e. The second-order valence-electron chi connectivity index (χ2n) is 9.50. The van der Waals surface area contributed by atoms with Gasteiger partial charge in [-0.2, -0.15) is 0 Å². The standard InChI is InChI=1S/C21H40O5Si/c1-10-11-18(26-27(8,9)20(3,4)5)15-19-14-17(12-13-23-16(2)22)24-21(6,7)25-19/h10,17-19H,1,11-15H2,2-9H3/t17-,18+,19-/m0/s1. The van der Waals surface area contributed by atoms with Gasteiger partial charge in [0, 0.05) is 19.8 Å². The molecule has 6 heteroatoms. The summed E-state index contributed by atoms with van der Waals surface area (Å²) in [5.41, 5.74) is 0. The summed E-state index contributed by atoms with van der Waals surface area (Å²) >= 11 is 0. The second kappa shape index (κ2) is 9.68. The molecule has 0 aliphatic carbocycles. The number of hydrogen-bond donors (Lipinski definition) is 0. The average molecular weight is 401 g/mol. The fourth-order valence-electron chi connectivity index (χ4n) is 3.14. The highest BCUT2D eigenvalue weighted by Gasteiger charge is 2.41. The molecule has 0 N–H and O–H groups in total. The lowest BCUT2D eigenvalue weighted by Gasteiger charge is -2.43. The maximum atomic E-state index is 11.0. The van der Waals surface area contributed by atoms with Crippen LogP contribution in [0.2, 0.25) is 18.1 Å². The summed E-state index contributed by atoms with van der Waals surface area (Å²) in [5, 5.41) is 0.161. The van der Waals surface area contributed by atoms with Gasteiger partial charge in [0.25, 0.3) is 0 Å². The molecule has 5 nitrogen and oxygen atoms in total. The summed E-state index contributed by atoms with van der Waals surface area (Å²) in [6.45, 7) is 20.9. The first-order valence-electron chi connectivity index (χ1n) is 10.0. The molecular formula is C21H40O5Si. The Hall–Kier alpha value is -0.693. The summed E-state index contributed by atoms with van der Waals surface area (Å²) < 4.78 is 23.9. The Labute approximate surface area is 166 Å². The van der Waals surface area contributed by atoms with Gasteiger partial charge in [-0.15, -0.1) is 6.58 Å². The molecule has 0 radical (unpaired) electrons. The molecule has 3 atom stereocenters. The Morgan fingerprint density at radius 2 is 1.89 bits per heavy atom. The molecule has 0 saturated carbocycles. The summed E-state index contributed by atoms with van der Waals surface area (Å²) in [6, 6.07) is 0. The van der Waals surface area contributed by atoms with E-state index in [0.717, 1.165) is 19.3 Å². The second-order valence-corrected chi connectivity index (χ2v) is 14.3. The zero-order valence-electron chi connectivity index (χ0n) is 18.6. The van der Waals surface area contributed by atoms with E-state index in [1.807, 2.05) is 19.9 Å². The monoisotopic (exact) mass is 400 g/mol. The molecule has 0 unspecified atom stereocenters. The van der Waals surface area contributed by atoms with E-state index in [0.29, 0.717) is 13.0 Å². The Balaban J connectivity index is 2.75. The van der Waals surface area contributed by atoms with E-state index < -0.39 is 14.1 Å². The molecule has 1 heterocycles. The number of hydrogen-bond acceptors (Lipinski definition) is 5. The van der Waals surface area contributed by atoms with Crippen molar-refractivity contribution in [2.24, 2.45) is 0 Å². The molecule has 1 saturated heterocycles. The summed E-state index contributed by atoms with van der Waals surface area (Å²) in [4.78, 5) is 11.0. The summed E-state index contributed by atoms with van der Waals surface area (Å²) in [5.74, 6) is -0.911. The third-order valence-corrected chi connectivity index (χ3v) is 9.93. The van der Waals surface area contributed by atoms with E-state index in [1.54, 1.807) is 0 Å². The molecule has 0 bridgehead atoms. The van der Waals surface area contributed by atoms with Gasteiger partial charge in [0.1, 0.15) is 0 Å². The lowest BCUT2D eigenvalue weighted by molar-refractivity contribution is -0.303. The van der Waals surface area contributed by atoms with E-state index in [9.17, 15) is 4.79 Å². The predicted octanol–water partition coefficient (Wildman–Crippen LogP) is 5.21. The van der Waals surface area contributed by atoms with Gasteiger partial charge in [0.15, 0.2) is 14.1 Å². The Morgan fingerprint density at radius 1 is 1.30 bits per heavy atom. The number of rotatable bonds is 9. The molecule has 1 aliphatic rings. The first-order chi connectivity index (χ1) is 12.3. The minimum absolute atomic E-state index is 0.00959. The normalized spacial score (nSPS) is 24.3. The third kappa shape index (κ3) is 8.46. The van der Waals surface area contributed by atoms with Gasteiger partial charge >= 0.3 is 5.97 Å². The zero-order valence-corrected chi connectivity index (χ0v) is 19.6. The van der Waals surface area contributed by atoms with E-state index in [-0.39, 0.29) is 29.3 Å². The maximum absolute atomic E-state index is 11.0. The molecule has 0 spiro atoms. The molecular weight excluding hydrogens is 360 g/mol. The van der Waals surface area contributed by atoms with Crippen LogP contribution < -0.4 is 0 Å². The van der Waals surface area contributed by atoms with Gasteiger partial charge in [-0.1, -0.05) is 26.8 Å². The van der Waals surface area contributed by atoms with Crippen LogP contribution in [0.25, 0.3) is 0 Å². The van der Waals surface area contributed by atoms with Crippen molar-refractivity contribution in [3.63, 3.8) is 0 Å². The van der Waals surface area contributed by atoms with Gasteiger partial charge < -0.3 is 18.6 Å². The molecule has 27 heavy (non-hydrogen) atoms. The van der Waals surface area contributed by atoms with Crippen molar-refractivity contribution in [2.45, 2.75) is 109 Å². The van der Waals surface area contributed by atoms with Crippen molar-refractivity contribution in [1.29, 1.82) is 0 Å². The minimum atomic E-state index is -1.87. The SMILES string of the molecule is C=CC[C@H](C[C@@H]1C[C@H](CCOC(C)=O)OC(C)(C)O1)O[Si](C)(C)C(C)(C)C. The fourth-order valence-corrected chi connectivity index (χ4v) is 4.52. The van der Waals surface area contributed by atoms with Crippen LogP contribution in [0.3, 0.4) is 0 Å². The topological polar surface area (TPSA) is 54.0 Å². The molecule has 1 rings (SSSR count). The van der Waals surface area contributed by atoms with Crippen molar-refractivity contribution in [3.8, 4) is 0 Å². The van der Waals surface area contributed by atoms with Gasteiger partial charge in [-0.25, -0.2) is 0 Å². The molecule has 0 aromatic heterocycles. The predicted molar refractivity (Wildman–Crippen MR) is 111 cm³/mol. The third-order valence-electron chi connectivity index (χ3n) is 5.39. The largest absolute Gasteiger partial charge is 0.466 e. The van der Waals surface area contributed by atoms with E-state index in [2.05, 4.69) is 40.4 Å². The highest BCUT2D eigenvalue weighted by molar-refractivity contribution is 6.74. The van der Waals surface area contributed by atoms with Crippen LogP contribution in [0.15, 0.2) is 12.7 Å². The van der Waals surface area contributed by atoms with Crippen molar-refractivity contribution in [3.05, 3.63) is 12.7 Å². The van der Waals surface area contributed by atoms with Gasteiger partial charge in [-0.05, 0) is 44.8 Å². The van der Waals surface area contributed by atoms with Crippen molar-refractivity contribution >= 4 is 14.3 Å². The van der Waals surface area contributed by atoms with Crippen molar-refractivity contribution < 1.29 is 23.4 Å². The van der Waals surface area contributed by atoms with Crippen LogP contribution in [-0.4, -0.2) is 45.0 Å². The van der Waals surface area contributed by atoms with Gasteiger partial charge in [0.05, 0.1) is 24.9 Å². The average Bonchev–Trinajstić information content (AvgIpc) is 2.43. The quantitative estimate of drug-likeness (QED) is 0.302. The molecule has 1 aliphatic heterocycles. The summed E-state index contributed by atoms with van der Waals surface area (Å²) in [7, 11) is -1.87. The highest BCUT2D eigenvalue weighted by atomic mass is 28.4. The van der Waals surface area contributed by atoms with Crippen molar-refractivity contribution in [1.82, 2.24) is 0 Å². The van der Waals surface area contributed by atoms with Crippen LogP contribution in [0.4, 0.5) is 0 Å². The van der Waals surface area contributed by atoms with Crippen LogP contribution in [0.5, 0.6) is 0 Å². The van der Waals surface area contributed by atoms with Crippen LogP contribution in [-0.2, 0) is 23.4 Å². The van der Waals surface area contributed by atoms with Crippen molar-refractivity contribution in [2.75, 3.05) is 6.61 Å². The zero-order chi connectivity index (χ0) is 20.9. The van der Waals surface area contributed by atoms with Crippen LogP contribution >= 0.6 is 0 Å². The molecule has 0 aromatic carbocycles. The molecule has 0 aromatic rings. The van der Waals surface area contributed by atoms with E-state index in [4.69, 9.17) is 18.6 Å². The van der Waals surface area contributed by atoms with Gasteiger partial charge in [-0.3, -0.25) is 4.79 Å². The Morgan fingerprint density at radius 3 is 2.41 bits per heavy atom. The number of esters is 1. The first-order valence-corrected chi connectivity index (χ1v) is 12.9. The molecule has 1 fully saturated rings. The molecule has 158 valence electrons.